The Kier molecular flexibility index (Phi) is 7.70. The van der Waals surface area contributed by atoms with Crippen molar-refractivity contribution in [3.05, 3.63) is 24.9 Å². The molecule has 2 aromatic rings. The van der Waals surface area contributed by atoms with Crippen LogP contribution in [0.1, 0.15) is 6.42 Å². The quantitative estimate of drug-likeness (QED) is 0.633. The molecule has 2 heterocycles. The smallest absolute Gasteiger partial charge is 0.224 e. The number of thioether (sulfide) groups is 1. The van der Waals surface area contributed by atoms with Gasteiger partial charge < -0.3 is 15.5 Å². The lowest BCUT2D eigenvalue weighted by atomic mass is 10.1. The number of hydrogen-bond acceptors (Lipinski definition) is 8. The van der Waals surface area contributed by atoms with Gasteiger partial charge in [0.1, 0.15) is 12.1 Å². The molecule has 0 bridgehead atoms. The van der Waals surface area contributed by atoms with E-state index in [0.717, 1.165) is 43.0 Å². The molecule has 2 aromatic heterocycles. The van der Waals surface area contributed by atoms with E-state index in [0.29, 0.717) is 5.95 Å². The minimum absolute atomic E-state index is 0.593. The van der Waals surface area contributed by atoms with Gasteiger partial charge in [-0.2, -0.15) is 16.7 Å². The van der Waals surface area contributed by atoms with Gasteiger partial charge in [-0.1, -0.05) is 0 Å². The maximum Gasteiger partial charge on any atom is 0.224 e. The monoisotopic (exact) mass is 347 g/mol. The molecule has 8 heteroatoms. The third-order valence-electron chi connectivity index (χ3n) is 3.57. The van der Waals surface area contributed by atoms with Crippen LogP contribution in [0.2, 0.25) is 0 Å². The van der Waals surface area contributed by atoms with Crippen LogP contribution < -0.4 is 10.6 Å². The molecule has 0 atom stereocenters. The van der Waals surface area contributed by atoms with Crippen LogP contribution in [-0.2, 0) is 0 Å². The molecule has 130 valence electrons. The maximum atomic E-state index is 4.53. The summed E-state index contributed by atoms with van der Waals surface area (Å²) in [5.74, 6) is 2.56. The van der Waals surface area contributed by atoms with Gasteiger partial charge in [-0.05, 0) is 26.3 Å². The Labute approximate surface area is 147 Å². The second-order valence-corrected chi connectivity index (χ2v) is 6.40. The highest BCUT2D eigenvalue weighted by molar-refractivity contribution is 7.98. The van der Waals surface area contributed by atoms with Gasteiger partial charge in [0, 0.05) is 55.6 Å². The first kappa shape index (κ1) is 18.4. The Hall–Kier alpha value is -1.93. The summed E-state index contributed by atoms with van der Waals surface area (Å²) in [5.41, 5.74) is 1.81. The van der Waals surface area contributed by atoms with E-state index in [-0.39, 0.29) is 0 Å². The Morgan fingerprint density at radius 1 is 1.17 bits per heavy atom. The summed E-state index contributed by atoms with van der Waals surface area (Å²) < 4.78 is 0. The molecule has 0 unspecified atom stereocenters. The first-order valence-electron chi connectivity index (χ1n) is 7.96. The molecule has 7 nitrogen and oxygen atoms in total. The molecule has 2 N–H and O–H groups in total. The molecule has 0 amide bonds. The second kappa shape index (κ2) is 10.0. The Morgan fingerprint density at radius 3 is 2.67 bits per heavy atom. The fourth-order valence-corrected chi connectivity index (χ4v) is 2.70. The highest BCUT2D eigenvalue weighted by atomic mass is 32.2. The zero-order chi connectivity index (χ0) is 17.2. The van der Waals surface area contributed by atoms with Crippen molar-refractivity contribution in [2.24, 2.45) is 0 Å². The summed E-state index contributed by atoms with van der Waals surface area (Å²) in [6.07, 6.45) is 10.0. The molecule has 0 spiro atoms. The van der Waals surface area contributed by atoms with Crippen LogP contribution in [0.3, 0.4) is 0 Å². The van der Waals surface area contributed by atoms with Crippen LogP contribution in [0.4, 0.5) is 11.8 Å². The average molecular weight is 347 g/mol. The first-order valence-corrected chi connectivity index (χ1v) is 9.35. The standard InChI is InChI=1S/C16H25N7S/c1-17-16-21-11-14(13-9-18-12-19-10-13)15(22-16)20-5-4-6-23(2)7-8-24-3/h9-12H,4-8H2,1-3H3,(H2,17,20,21,22). The van der Waals surface area contributed by atoms with Crippen molar-refractivity contribution in [3.63, 3.8) is 0 Å². The zero-order valence-electron chi connectivity index (χ0n) is 14.5. The van der Waals surface area contributed by atoms with E-state index in [2.05, 4.69) is 48.8 Å². The number of nitrogens with one attached hydrogen (secondary N) is 2. The van der Waals surface area contributed by atoms with Crippen molar-refractivity contribution in [1.82, 2.24) is 24.8 Å². The molecule has 0 fully saturated rings. The second-order valence-electron chi connectivity index (χ2n) is 5.41. The summed E-state index contributed by atoms with van der Waals surface area (Å²) in [4.78, 5) is 19.3. The van der Waals surface area contributed by atoms with Crippen molar-refractivity contribution in [2.45, 2.75) is 6.42 Å². The van der Waals surface area contributed by atoms with Crippen LogP contribution in [0.5, 0.6) is 0 Å². The van der Waals surface area contributed by atoms with E-state index in [1.807, 2.05) is 18.8 Å². The molecule has 0 radical (unpaired) electrons. The normalized spacial score (nSPS) is 10.8. The predicted octanol–water partition coefficient (Wildman–Crippen LogP) is 2.07. The number of rotatable bonds is 10. The fourth-order valence-electron chi connectivity index (χ4n) is 2.20. The summed E-state index contributed by atoms with van der Waals surface area (Å²) in [5, 5.41) is 6.39. The van der Waals surface area contributed by atoms with Gasteiger partial charge in [-0.15, -0.1) is 0 Å². The lowest BCUT2D eigenvalue weighted by Crippen LogP contribution is -2.24. The SMILES string of the molecule is CNc1ncc(-c2cncnc2)c(NCCCN(C)CCSC)n1. The zero-order valence-corrected chi connectivity index (χ0v) is 15.3. The van der Waals surface area contributed by atoms with Crippen molar-refractivity contribution < 1.29 is 0 Å². The third kappa shape index (κ3) is 5.61. The molecule has 0 aliphatic rings. The Bertz CT molecular complexity index is 609. The largest absolute Gasteiger partial charge is 0.369 e. The van der Waals surface area contributed by atoms with Gasteiger partial charge in [0.15, 0.2) is 0 Å². The maximum absolute atomic E-state index is 4.53. The molecule has 0 aromatic carbocycles. The van der Waals surface area contributed by atoms with E-state index in [1.54, 1.807) is 18.6 Å². The van der Waals surface area contributed by atoms with E-state index >= 15 is 0 Å². The van der Waals surface area contributed by atoms with Crippen LogP contribution in [0.25, 0.3) is 11.1 Å². The molecule has 0 saturated carbocycles. The summed E-state index contributed by atoms with van der Waals surface area (Å²) in [6, 6.07) is 0. The summed E-state index contributed by atoms with van der Waals surface area (Å²) in [6.45, 7) is 3.02. The van der Waals surface area contributed by atoms with Crippen LogP contribution in [0, 0.1) is 0 Å². The topological polar surface area (TPSA) is 78.9 Å². The summed E-state index contributed by atoms with van der Waals surface area (Å²) >= 11 is 1.88. The van der Waals surface area contributed by atoms with Crippen molar-refractivity contribution in [3.8, 4) is 11.1 Å². The van der Waals surface area contributed by atoms with Crippen molar-refractivity contribution >= 4 is 23.5 Å². The van der Waals surface area contributed by atoms with Crippen LogP contribution >= 0.6 is 11.8 Å². The lowest BCUT2D eigenvalue weighted by Gasteiger charge is -2.16. The Balaban J connectivity index is 1.98. The first-order chi connectivity index (χ1) is 11.7. The van der Waals surface area contributed by atoms with Gasteiger partial charge >= 0.3 is 0 Å². The van der Waals surface area contributed by atoms with Crippen molar-refractivity contribution in [1.29, 1.82) is 0 Å². The molecular formula is C16H25N7S. The molecule has 2 rings (SSSR count). The van der Waals surface area contributed by atoms with Gasteiger partial charge in [0.05, 0.1) is 0 Å². The van der Waals surface area contributed by atoms with E-state index in [9.17, 15) is 0 Å². The van der Waals surface area contributed by atoms with Gasteiger partial charge in [-0.3, -0.25) is 0 Å². The predicted molar refractivity (Wildman–Crippen MR) is 102 cm³/mol. The highest BCUT2D eigenvalue weighted by Gasteiger charge is 2.09. The molecule has 0 saturated heterocycles. The minimum Gasteiger partial charge on any atom is -0.369 e. The Morgan fingerprint density at radius 2 is 1.96 bits per heavy atom. The van der Waals surface area contributed by atoms with Crippen LogP contribution in [-0.4, -0.2) is 70.6 Å². The molecular weight excluding hydrogens is 322 g/mol. The molecule has 0 aliphatic heterocycles. The van der Waals surface area contributed by atoms with Gasteiger partial charge in [-0.25, -0.2) is 15.0 Å². The van der Waals surface area contributed by atoms with Crippen molar-refractivity contribution in [2.75, 3.05) is 56.4 Å². The highest BCUT2D eigenvalue weighted by Crippen LogP contribution is 2.25. The van der Waals surface area contributed by atoms with E-state index in [4.69, 9.17) is 0 Å². The number of anilines is 2. The lowest BCUT2D eigenvalue weighted by molar-refractivity contribution is 0.354. The number of aromatic nitrogens is 4. The number of nitrogens with zero attached hydrogens (tertiary/aromatic N) is 5. The van der Waals surface area contributed by atoms with E-state index in [1.165, 1.54) is 12.1 Å². The third-order valence-corrected chi connectivity index (χ3v) is 4.16. The minimum atomic E-state index is 0.593. The van der Waals surface area contributed by atoms with Gasteiger partial charge in [0.25, 0.3) is 0 Å². The number of hydrogen-bond donors (Lipinski definition) is 2. The van der Waals surface area contributed by atoms with E-state index < -0.39 is 0 Å². The van der Waals surface area contributed by atoms with Crippen LogP contribution in [0.15, 0.2) is 24.9 Å². The van der Waals surface area contributed by atoms with Gasteiger partial charge in [0.2, 0.25) is 5.95 Å². The summed E-state index contributed by atoms with van der Waals surface area (Å²) in [7, 11) is 3.97. The fraction of sp³-hybridized carbons (Fsp3) is 0.500. The molecule has 0 aliphatic carbocycles. The molecule has 24 heavy (non-hydrogen) atoms. The average Bonchev–Trinajstić information content (AvgIpc) is 2.64.